The number of benzene rings is 2. The molecule has 0 saturated carbocycles. The van der Waals surface area contributed by atoms with Crippen molar-refractivity contribution < 1.29 is 28.6 Å². The van der Waals surface area contributed by atoms with Crippen molar-refractivity contribution in [3.8, 4) is 17.2 Å². The summed E-state index contributed by atoms with van der Waals surface area (Å²) in [7, 11) is 1.54. The largest absolute Gasteiger partial charge is 0.497 e. The number of nitrogens with one attached hydrogen (secondary N) is 3. The fraction of sp³-hybridized carbons (Fsp3) is 0.286. The molecule has 2 aromatic rings. The third kappa shape index (κ3) is 6.34. The highest BCUT2D eigenvalue weighted by Crippen LogP contribution is 2.34. The number of likely N-dealkylation sites (N-methyl/N-ethyl adjacent to an activating group) is 1. The van der Waals surface area contributed by atoms with Crippen molar-refractivity contribution in [1.82, 2.24) is 10.2 Å². The number of methoxy groups -OCH3 is 1. The molecule has 1 aliphatic rings. The van der Waals surface area contributed by atoms with Crippen LogP contribution < -0.4 is 30.2 Å². The number of nitrogens with zero attached hydrogens (tertiary/aromatic N) is 1. The number of imide groups is 1. The Kier molecular flexibility index (Phi) is 7.28. The van der Waals surface area contributed by atoms with Crippen molar-refractivity contribution in [2.45, 2.75) is 6.92 Å². The quantitative estimate of drug-likeness (QED) is 0.589. The van der Waals surface area contributed by atoms with Crippen LogP contribution in [0.25, 0.3) is 0 Å². The molecule has 3 N–H and O–H groups in total. The molecule has 31 heavy (non-hydrogen) atoms. The molecule has 0 fully saturated rings. The first-order valence-corrected chi connectivity index (χ1v) is 9.63. The van der Waals surface area contributed by atoms with Gasteiger partial charge in [0.2, 0.25) is 18.6 Å². The van der Waals surface area contributed by atoms with Crippen molar-refractivity contribution in [3.63, 3.8) is 0 Å². The molecule has 0 atom stereocenters. The van der Waals surface area contributed by atoms with E-state index < -0.39 is 11.9 Å². The van der Waals surface area contributed by atoms with Gasteiger partial charge in [0.1, 0.15) is 5.75 Å². The molecule has 10 heteroatoms. The number of amides is 4. The Bertz CT molecular complexity index is 965. The Hall–Kier alpha value is -3.79. The van der Waals surface area contributed by atoms with E-state index in [-0.39, 0.29) is 25.8 Å². The molecule has 0 bridgehead atoms. The zero-order valence-corrected chi connectivity index (χ0v) is 17.3. The number of carbonyl (C=O) groups is 3. The Labute approximate surface area is 179 Å². The van der Waals surface area contributed by atoms with Crippen LogP contribution in [0.15, 0.2) is 42.5 Å². The molecule has 0 aromatic heterocycles. The Balaban J connectivity index is 1.46. The molecule has 0 radical (unpaired) electrons. The molecule has 2 aromatic carbocycles. The first-order chi connectivity index (χ1) is 15.0. The molecule has 1 heterocycles. The number of rotatable bonds is 8. The number of fused-ring (bicyclic) bond motifs is 1. The van der Waals surface area contributed by atoms with E-state index in [1.807, 2.05) is 6.92 Å². The lowest BCUT2D eigenvalue weighted by atomic mass is 10.3. The lowest BCUT2D eigenvalue weighted by Gasteiger charge is -2.19. The van der Waals surface area contributed by atoms with Crippen LogP contribution in [0.1, 0.15) is 6.92 Å². The first-order valence-electron chi connectivity index (χ1n) is 9.63. The van der Waals surface area contributed by atoms with Crippen LogP contribution in [0.2, 0.25) is 0 Å². The normalized spacial score (nSPS) is 11.7. The SMILES string of the molecule is CCN(CC(=O)NC(=O)Nc1ccc2c(c1)OCO2)CC(=O)Nc1cccc(OC)c1. The van der Waals surface area contributed by atoms with Crippen molar-refractivity contribution in [1.29, 1.82) is 0 Å². The summed E-state index contributed by atoms with van der Waals surface area (Å²) in [6, 6.07) is 11.2. The molecule has 10 nitrogen and oxygen atoms in total. The molecule has 164 valence electrons. The summed E-state index contributed by atoms with van der Waals surface area (Å²) in [6.45, 7) is 2.27. The number of urea groups is 1. The summed E-state index contributed by atoms with van der Waals surface area (Å²) in [5.41, 5.74) is 1.05. The predicted octanol–water partition coefficient (Wildman–Crippen LogP) is 2.03. The van der Waals surface area contributed by atoms with E-state index in [1.54, 1.807) is 54.5 Å². The second-order valence-corrected chi connectivity index (χ2v) is 6.65. The molecule has 0 saturated heterocycles. The molecule has 3 rings (SSSR count). The fourth-order valence-electron chi connectivity index (χ4n) is 2.89. The molecule has 4 amide bonds. The standard InChI is InChI=1S/C21H24N4O6/c1-3-25(11-19(26)22-14-5-4-6-16(9-14)29-2)12-20(27)24-21(28)23-15-7-8-17-18(10-15)31-13-30-17/h4-10H,3,11-13H2,1-2H3,(H,22,26)(H2,23,24,27,28). The topological polar surface area (TPSA) is 118 Å². The molecular weight excluding hydrogens is 404 g/mol. The van der Waals surface area contributed by atoms with Gasteiger partial charge in [-0.2, -0.15) is 0 Å². The van der Waals surface area contributed by atoms with Crippen LogP contribution >= 0.6 is 0 Å². The van der Waals surface area contributed by atoms with E-state index in [0.717, 1.165) is 0 Å². The van der Waals surface area contributed by atoms with E-state index in [4.69, 9.17) is 14.2 Å². The smallest absolute Gasteiger partial charge is 0.325 e. The van der Waals surface area contributed by atoms with Crippen molar-refractivity contribution >= 4 is 29.2 Å². The van der Waals surface area contributed by atoms with Gasteiger partial charge < -0.3 is 24.8 Å². The lowest BCUT2D eigenvalue weighted by Crippen LogP contribution is -2.44. The average Bonchev–Trinajstić information content (AvgIpc) is 3.21. The highest BCUT2D eigenvalue weighted by molar-refractivity contribution is 6.02. The third-order valence-corrected chi connectivity index (χ3v) is 4.42. The Morgan fingerprint density at radius 3 is 2.48 bits per heavy atom. The van der Waals surface area contributed by atoms with E-state index >= 15 is 0 Å². The summed E-state index contributed by atoms with van der Waals surface area (Å²) in [6.07, 6.45) is 0. The van der Waals surface area contributed by atoms with Gasteiger partial charge >= 0.3 is 6.03 Å². The predicted molar refractivity (Wildman–Crippen MR) is 113 cm³/mol. The first kappa shape index (κ1) is 21.9. The minimum atomic E-state index is -0.680. The zero-order valence-electron chi connectivity index (χ0n) is 17.3. The van der Waals surface area contributed by atoms with Gasteiger partial charge in [-0.15, -0.1) is 0 Å². The summed E-state index contributed by atoms with van der Waals surface area (Å²) in [5.74, 6) is 0.913. The van der Waals surface area contributed by atoms with Gasteiger partial charge in [-0.25, -0.2) is 4.79 Å². The maximum atomic E-state index is 12.3. The van der Waals surface area contributed by atoms with E-state index in [0.29, 0.717) is 35.2 Å². The van der Waals surface area contributed by atoms with Gasteiger partial charge in [0.05, 0.1) is 20.2 Å². The molecule has 0 aliphatic carbocycles. The van der Waals surface area contributed by atoms with Gasteiger partial charge in [0.15, 0.2) is 11.5 Å². The monoisotopic (exact) mass is 428 g/mol. The number of hydrogen-bond acceptors (Lipinski definition) is 7. The minimum Gasteiger partial charge on any atom is -0.497 e. The van der Waals surface area contributed by atoms with Gasteiger partial charge in [-0.3, -0.25) is 19.8 Å². The fourth-order valence-corrected chi connectivity index (χ4v) is 2.89. The number of hydrogen-bond donors (Lipinski definition) is 3. The van der Waals surface area contributed by atoms with Crippen LogP contribution in [0.3, 0.4) is 0 Å². The summed E-state index contributed by atoms with van der Waals surface area (Å²) >= 11 is 0. The molecule has 0 unspecified atom stereocenters. The molecular formula is C21H24N4O6. The highest BCUT2D eigenvalue weighted by Gasteiger charge is 2.17. The highest BCUT2D eigenvalue weighted by atomic mass is 16.7. The van der Waals surface area contributed by atoms with Gasteiger partial charge in [-0.1, -0.05) is 13.0 Å². The third-order valence-electron chi connectivity index (χ3n) is 4.42. The summed E-state index contributed by atoms with van der Waals surface area (Å²) < 4.78 is 15.6. The molecule has 1 aliphatic heterocycles. The zero-order chi connectivity index (χ0) is 22.2. The Morgan fingerprint density at radius 1 is 0.968 bits per heavy atom. The van der Waals surface area contributed by atoms with Crippen molar-refractivity contribution in [2.24, 2.45) is 0 Å². The minimum absolute atomic E-state index is 0.00902. The van der Waals surface area contributed by atoms with Gasteiger partial charge in [0, 0.05) is 23.5 Å². The van der Waals surface area contributed by atoms with Crippen molar-refractivity contribution in [2.75, 3.05) is 44.2 Å². The van der Waals surface area contributed by atoms with Crippen LogP contribution in [0, 0.1) is 0 Å². The summed E-state index contributed by atoms with van der Waals surface area (Å²) in [4.78, 5) is 38.2. The van der Waals surface area contributed by atoms with Crippen LogP contribution in [0.4, 0.5) is 16.2 Å². The summed E-state index contributed by atoms with van der Waals surface area (Å²) in [5, 5.41) is 7.56. The number of carbonyl (C=O) groups excluding carboxylic acids is 3. The van der Waals surface area contributed by atoms with E-state index in [9.17, 15) is 14.4 Å². The van der Waals surface area contributed by atoms with E-state index in [2.05, 4.69) is 16.0 Å². The van der Waals surface area contributed by atoms with Crippen LogP contribution in [0.5, 0.6) is 17.2 Å². The van der Waals surface area contributed by atoms with E-state index in [1.165, 1.54) is 0 Å². The maximum Gasteiger partial charge on any atom is 0.325 e. The van der Waals surface area contributed by atoms with Crippen LogP contribution in [-0.4, -0.2) is 56.3 Å². The Morgan fingerprint density at radius 2 is 1.71 bits per heavy atom. The lowest BCUT2D eigenvalue weighted by molar-refractivity contribution is -0.122. The van der Waals surface area contributed by atoms with Gasteiger partial charge in [0.25, 0.3) is 0 Å². The average molecular weight is 428 g/mol. The maximum absolute atomic E-state index is 12.3. The van der Waals surface area contributed by atoms with Crippen molar-refractivity contribution in [3.05, 3.63) is 42.5 Å². The van der Waals surface area contributed by atoms with Gasteiger partial charge in [-0.05, 0) is 30.8 Å². The molecule has 0 spiro atoms. The second kappa shape index (κ2) is 10.3. The second-order valence-electron chi connectivity index (χ2n) is 6.65. The number of anilines is 2. The number of ether oxygens (including phenoxy) is 3. The van der Waals surface area contributed by atoms with Crippen LogP contribution in [-0.2, 0) is 9.59 Å².